The molecule has 0 aromatic heterocycles. The Morgan fingerprint density at radius 3 is 1.36 bits per heavy atom. The van der Waals surface area contributed by atoms with E-state index in [0.29, 0.717) is 0 Å². The zero-order chi connectivity index (χ0) is 8.59. The largest absolute Gasteiger partial charge is 0.396 e. The van der Waals surface area contributed by atoms with E-state index in [2.05, 4.69) is 6.07 Å². The first-order chi connectivity index (χ1) is 5.04. The van der Waals surface area contributed by atoms with Crippen molar-refractivity contribution in [3.63, 3.8) is 0 Å². The van der Waals surface area contributed by atoms with Gasteiger partial charge in [0.05, 0.1) is 28.4 Å². The van der Waals surface area contributed by atoms with Crippen molar-refractivity contribution in [2.45, 2.75) is 0 Å². The lowest BCUT2D eigenvalue weighted by molar-refractivity contribution is 1.61. The predicted molar refractivity (Wildman–Crippen MR) is 47.3 cm³/mol. The summed E-state index contributed by atoms with van der Waals surface area (Å²) in [5.41, 5.74) is 28.3. The highest BCUT2D eigenvalue weighted by molar-refractivity contribution is 5.92. The molecule has 1 rings (SSSR count). The second-order valence-corrected chi connectivity index (χ2v) is 2.19. The summed E-state index contributed by atoms with van der Waals surface area (Å²) in [5, 5.41) is 0. The van der Waals surface area contributed by atoms with E-state index < -0.39 is 0 Å². The van der Waals surface area contributed by atoms with E-state index in [0.717, 1.165) is 0 Å². The molecule has 59 valence electrons. The molecule has 0 atom stereocenters. The van der Waals surface area contributed by atoms with E-state index in [-0.39, 0.29) is 28.4 Å². The topological polar surface area (TPSA) is 130 Å². The minimum absolute atomic E-state index is 0.221. The standard InChI is InChI=1S/C6H10N5/c7-2-1-3(8)5(10)6(11)4(2)9/h7-11H2. The first-order valence-corrected chi connectivity index (χ1v) is 2.94. The van der Waals surface area contributed by atoms with E-state index >= 15 is 0 Å². The predicted octanol–water partition coefficient (Wildman–Crippen LogP) is -0.602. The highest BCUT2D eigenvalue weighted by Gasteiger charge is 2.06. The molecule has 0 aliphatic carbocycles. The first-order valence-electron chi connectivity index (χ1n) is 2.94. The molecular formula is C6H10N5. The maximum absolute atomic E-state index is 5.45. The van der Waals surface area contributed by atoms with Gasteiger partial charge >= 0.3 is 0 Å². The molecular weight excluding hydrogens is 142 g/mol. The maximum Gasteiger partial charge on any atom is 0.0824 e. The molecule has 0 heterocycles. The van der Waals surface area contributed by atoms with Crippen molar-refractivity contribution in [2.24, 2.45) is 0 Å². The summed E-state index contributed by atoms with van der Waals surface area (Å²) in [5.74, 6) is 0. The zero-order valence-corrected chi connectivity index (χ0v) is 5.89. The van der Waals surface area contributed by atoms with Gasteiger partial charge in [-0.1, -0.05) is 0 Å². The Kier molecular flexibility index (Phi) is 1.41. The molecule has 0 spiro atoms. The Balaban J connectivity index is 3.46. The molecule has 5 heteroatoms. The van der Waals surface area contributed by atoms with Crippen LogP contribution >= 0.6 is 0 Å². The molecule has 1 aromatic rings. The van der Waals surface area contributed by atoms with Crippen LogP contribution in [0.25, 0.3) is 0 Å². The van der Waals surface area contributed by atoms with Crippen LogP contribution in [0.15, 0.2) is 0 Å². The number of hydrogen-bond acceptors (Lipinski definition) is 5. The van der Waals surface area contributed by atoms with Crippen molar-refractivity contribution in [2.75, 3.05) is 28.7 Å². The normalized spacial score (nSPS) is 9.82. The van der Waals surface area contributed by atoms with Crippen LogP contribution < -0.4 is 28.7 Å². The lowest BCUT2D eigenvalue weighted by Gasteiger charge is -2.08. The summed E-state index contributed by atoms with van der Waals surface area (Å²) in [6.07, 6.45) is 0. The van der Waals surface area contributed by atoms with Crippen LogP contribution in [0.2, 0.25) is 0 Å². The highest BCUT2D eigenvalue weighted by atomic mass is 14.8. The van der Waals surface area contributed by atoms with Crippen LogP contribution in [-0.2, 0) is 0 Å². The molecule has 0 amide bonds. The Bertz CT molecular complexity index is 267. The van der Waals surface area contributed by atoms with Gasteiger partial charge in [0.15, 0.2) is 0 Å². The van der Waals surface area contributed by atoms with Crippen LogP contribution in [0, 0.1) is 6.07 Å². The van der Waals surface area contributed by atoms with E-state index in [1.807, 2.05) is 0 Å². The third-order valence-corrected chi connectivity index (χ3v) is 1.43. The molecule has 0 bridgehead atoms. The van der Waals surface area contributed by atoms with Gasteiger partial charge in [-0.2, -0.15) is 0 Å². The summed E-state index contributed by atoms with van der Waals surface area (Å²) in [6.45, 7) is 0. The van der Waals surface area contributed by atoms with Crippen molar-refractivity contribution < 1.29 is 0 Å². The van der Waals surface area contributed by atoms with Crippen LogP contribution in [0.4, 0.5) is 28.4 Å². The summed E-state index contributed by atoms with van der Waals surface area (Å²) in [6, 6.07) is 2.57. The van der Waals surface area contributed by atoms with Gasteiger partial charge in [-0.15, -0.1) is 0 Å². The molecule has 10 N–H and O–H groups in total. The first kappa shape index (κ1) is 7.33. The Morgan fingerprint density at radius 1 is 0.636 bits per heavy atom. The van der Waals surface area contributed by atoms with Gasteiger partial charge in [0.2, 0.25) is 0 Å². The number of anilines is 5. The number of nitrogen functional groups attached to an aromatic ring is 5. The molecule has 11 heavy (non-hydrogen) atoms. The Morgan fingerprint density at radius 2 is 1.00 bits per heavy atom. The molecule has 0 saturated heterocycles. The van der Waals surface area contributed by atoms with E-state index in [4.69, 9.17) is 28.7 Å². The van der Waals surface area contributed by atoms with Crippen molar-refractivity contribution in [3.05, 3.63) is 6.07 Å². The van der Waals surface area contributed by atoms with Gasteiger partial charge in [0, 0.05) is 6.07 Å². The van der Waals surface area contributed by atoms with Gasteiger partial charge in [-0.05, 0) is 0 Å². The lowest BCUT2D eigenvalue weighted by Crippen LogP contribution is -2.06. The van der Waals surface area contributed by atoms with Gasteiger partial charge < -0.3 is 28.7 Å². The van der Waals surface area contributed by atoms with E-state index in [1.165, 1.54) is 0 Å². The fraction of sp³-hybridized carbons (Fsp3) is 0. The molecule has 0 fully saturated rings. The zero-order valence-electron chi connectivity index (χ0n) is 5.89. The fourth-order valence-corrected chi connectivity index (χ4v) is 0.715. The molecule has 1 aromatic carbocycles. The Hall–Kier alpha value is -1.78. The molecule has 5 nitrogen and oxygen atoms in total. The van der Waals surface area contributed by atoms with Gasteiger partial charge in [0.1, 0.15) is 0 Å². The van der Waals surface area contributed by atoms with Crippen LogP contribution in [0.1, 0.15) is 0 Å². The monoisotopic (exact) mass is 152 g/mol. The number of hydrogen-bond donors (Lipinski definition) is 5. The number of benzene rings is 1. The van der Waals surface area contributed by atoms with Crippen molar-refractivity contribution in [3.8, 4) is 0 Å². The molecule has 0 aliphatic rings. The summed E-state index contributed by atoms with van der Waals surface area (Å²) in [7, 11) is 0. The molecule has 1 radical (unpaired) electrons. The molecule has 0 unspecified atom stereocenters. The van der Waals surface area contributed by atoms with Crippen molar-refractivity contribution in [1.29, 1.82) is 0 Å². The third kappa shape index (κ3) is 0.958. The van der Waals surface area contributed by atoms with Crippen molar-refractivity contribution in [1.82, 2.24) is 0 Å². The average molecular weight is 152 g/mol. The SMILES string of the molecule is Nc1[c]c(N)c(N)c(N)c1N. The van der Waals surface area contributed by atoms with Gasteiger partial charge in [0.25, 0.3) is 0 Å². The highest BCUT2D eigenvalue weighted by Crippen LogP contribution is 2.32. The number of rotatable bonds is 0. The summed E-state index contributed by atoms with van der Waals surface area (Å²) >= 11 is 0. The second-order valence-electron chi connectivity index (χ2n) is 2.19. The van der Waals surface area contributed by atoms with E-state index in [1.54, 1.807) is 0 Å². The van der Waals surface area contributed by atoms with Crippen LogP contribution in [0.3, 0.4) is 0 Å². The summed E-state index contributed by atoms with van der Waals surface area (Å²) in [4.78, 5) is 0. The van der Waals surface area contributed by atoms with Crippen molar-refractivity contribution >= 4 is 28.4 Å². The fourth-order valence-electron chi connectivity index (χ4n) is 0.715. The van der Waals surface area contributed by atoms with Crippen LogP contribution in [0.5, 0.6) is 0 Å². The molecule has 0 aliphatic heterocycles. The third-order valence-electron chi connectivity index (χ3n) is 1.43. The summed E-state index contributed by atoms with van der Waals surface area (Å²) < 4.78 is 0. The van der Waals surface area contributed by atoms with Gasteiger partial charge in [-0.3, -0.25) is 0 Å². The Labute approximate surface area is 64.1 Å². The number of nitrogens with two attached hydrogens (primary N) is 5. The maximum atomic E-state index is 5.45. The van der Waals surface area contributed by atoms with Crippen LogP contribution in [-0.4, -0.2) is 0 Å². The second kappa shape index (κ2) is 2.12. The van der Waals surface area contributed by atoms with E-state index in [9.17, 15) is 0 Å². The average Bonchev–Trinajstić information content (AvgIpc) is 1.97. The smallest absolute Gasteiger partial charge is 0.0824 e. The van der Waals surface area contributed by atoms with Gasteiger partial charge in [-0.25, -0.2) is 0 Å². The minimum atomic E-state index is 0.221. The minimum Gasteiger partial charge on any atom is -0.396 e. The lowest BCUT2D eigenvalue weighted by atomic mass is 10.2. The molecule has 0 saturated carbocycles. The quantitative estimate of drug-likeness (QED) is 0.317.